The van der Waals surface area contributed by atoms with Crippen molar-refractivity contribution in [2.24, 2.45) is 46.4 Å². The molecule has 0 unspecified atom stereocenters. The van der Waals surface area contributed by atoms with Gasteiger partial charge in [0.2, 0.25) is 82.7 Å². The molecule has 1 heterocycles. The number of carbonyl (C=O) groups is 15. The van der Waals surface area contributed by atoms with Gasteiger partial charge in [0.1, 0.15) is 72.5 Å². The summed E-state index contributed by atoms with van der Waals surface area (Å²) in [6, 6.07) is -2.04. The Kier molecular flexibility index (Phi) is 44.2. The van der Waals surface area contributed by atoms with Crippen LogP contribution in [0.15, 0.2) is 54.7 Å². The molecule has 14 amide bonds. The summed E-state index contributed by atoms with van der Waals surface area (Å²) in [6.07, 6.45) is 5.61. The molecule has 0 aliphatic rings. The molecule has 0 saturated heterocycles. The second-order valence-electron chi connectivity index (χ2n) is 29.4. The summed E-state index contributed by atoms with van der Waals surface area (Å²) in [5.74, 6) is -13.2. The Morgan fingerprint density at radius 1 is 0.474 bits per heavy atom. The van der Waals surface area contributed by atoms with Crippen LogP contribution < -0.4 is 97.8 Å². The second kappa shape index (κ2) is 51.4. The number of carboxylic acid groups (broad SMARTS) is 1. The van der Waals surface area contributed by atoms with Crippen molar-refractivity contribution in [2.75, 3.05) is 38.2 Å². The fourth-order valence-electron chi connectivity index (χ4n) is 11.9. The van der Waals surface area contributed by atoms with Crippen LogP contribution in [0.4, 0.5) is 0 Å². The summed E-state index contributed by atoms with van der Waals surface area (Å²) >= 11 is 1.34. The molecular formula is C77H122N20O16S. The number of carboxylic acids is 1. The second-order valence-corrected chi connectivity index (χ2v) is 30.4. The number of para-hydroxylation sites is 1. The molecule has 1 aromatic heterocycles. The summed E-state index contributed by atoms with van der Waals surface area (Å²) in [5.41, 5.74) is 31.0. The monoisotopic (exact) mass is 1610 g/mol. The molecule has 25 N–H and O–H groups in total. The van der Waals surface area contributed by atoms with Gasteiger partial charge in [-0.2, -0.15) is 17.0 Å². The minimum Gasteiger partial charge on any atom is -0.480 e. The van der Waals surface area contributed by atoms with Gasteiger partial charge in [0.05, 0.1) is 30.6 Å². The average Bonchev–Trinajstić information content (AvgIpc) is 1.71. The summed E-state index contributed by atoms with van der Waals surface area (Å²) in [6.45, 7) is 14.7. The number of H-pyrrole nitrogens is 1. The van der Waals surface area contributed by atoms with Crippen molar-refractivity contribution in [3.05, 3.63) is 71.4 Å². The number of aromatic amines is 1. The quantitative estimate of drug-likeness (QED) is 0.0283. The Labute approximate surface area is 670 Å². The maximum absolute atomic E-state index is 14.6. The van der Waals surface area contributed by atoms with Crippen molar-refractivity contribution in [3.63, 3.8) is 0 Å². The average molecular weight is 1620 g/mol. The number of carbonyl (C=O) groups excluding carboxylic acids is 14. The fraction of sp³-hybridized carbons (Fsp3) is 0.610. The number of thioether (sulfide) groups is 1. The first-order valence-corrected chi connectivity index (χ1v) is 40.2. The summed E-state index contributed by atoms with van der Waals surface area (Å²) in [4.78, 5) is 209. The maximum Gasteiger partial charge on any atom is 0.326 e. The van der Waals surface area contributed by atoms with Gasteiger partial charge in [-0.25, -0.2) is 4.79 Å². The molecule has 3 rings (SSSR count). The third-order valence-corrected chi connectivity index (χ3v) is 19.5. The maximum atomic E-state index is 14.6. The van der Waals surface area contributed by atoms with E-state index in [1.165, 1.54) is 56.8 Å². The topological polar surface area (TPSA) is 602 Å². The van der Waals surface area contributed by atoms with Gasteiger partial charge in [-0.05, 0) is 177 Å². The standard InChI is InChI=1S/C77H122N20O16S/c1-11-44(6)64(83)76(111)96-60(38-62(82)98)75(110)95-59(37-50-40-84-52-21-13-12-20-51(50)52)74(109)92-53(22-14-17-30-78)68(103)85-41-63(99)89-58(36-48-25-27-49(39-81)28-26-48)72(107)88-45(7)65(100)86-46(8)66(101)91-56(29-33-114-10)69(104)87-47(9)67(102)90-54(23-15-18-31-79)70(105)93-55(24-16-19-32-80)71(106)94-57(34-42(2)3)73(108)97-61(77(112)113)35-43(4)5/h12-13,20-21,25-28,40,42-47,53-61,64,84H,11,14-19,22-24,29-38,41,78-80,83H2,1-10H3,(H2,82,98)(H,85,103)(H,86,100)(H,87,104)(H,88,107)(H,89,99)(H,90,102)(H,91,101)(H,92,109)(H,93,105)(H,94,106)(H,95,110)(H,96,111)(H,97,108)(H,112,113)/t44-,45-,46-,47-,53-,54-,55-,56-,57-,58-,59-,60-,61-,64-/m0/s1. The van der Waals surface area contributed by atoms with Crippen LogP contribution >= 0.6 is 11.8 Å². The normalized spacial score (nSPS) is 14.9. The fourth-order valence-corrected chi connectivity index (χ4v) is 12.4. The number of nitriles is 1. The highest BCUT2D eigenvalue weighted by molar-refractivity contribution is 7.98. The SMILES string of the molecule is CC[C@H](C)[C@H](N)C(=O)N[C@@H](CC(N)=O)C(=O)N[C@@H](Cc1c[nH]c2ccccc12)C(=O)N[C@@H](CCCCN)C(=O)NCC(=O)N[C@@H](Cc1ccc(C#N)cc1)C(=O)N[C@@H](C)C(=O)N[C@@H](C)C(=O)N[C@@H](CCSC)C(=O)N[C@@H](C)C(=O)N[C@@H](CCCCN)C(=O)N[C@@H](CCCCN)C(=O)N[C@@H](CC(C)C)C(=O)N[C@@H](CC(C)C)C(=O)O. The van der Waals surface area contributed by atoms with E-state index in [0.29, 0.717) is 72.7 Å². The minimum absolute atomic E-state index is 0.0182. The summed E-state index contributed by atoms with van der Waals surface area (Å²) in [7, 11) is 0. The third kappa shape index (κ3) is 35.0. The minimum atomic E-state index is -1.56. The van der Waals surface area contributed by atoms with Crippen LogP contribution in [0.1, 0.15) is 169 Å². The van der Waals surface area contributed by atoms with Crippen LogP contribution in [0.5, 0.6) is 0 Å². The zero-order valence-electron chi connectivity index (χ0n) is 67.1. The number of amides is 14. The van der Waals surface area contributed by atoms with Crippen LogP contribution in [0.3, 0.4) is 0 Å². The molecule has 37 heteroatoms. The first kappa shape index (κ1) is 97.9. The van der Waals surface area contributed by atoms with Gasteiger partial charge in [0, 0.05) is 29.9 Å². The Hall–Kier alpha value is -10.3. The number of hydrogen-bond donors (Lipinski definition) is 20. The number of nitrogens with one attached hydrogen (secondary N) is 14. The molecule has 632 valence electrons. The number of aliphatic carboxylic acids is 1. The van der Waals surface area contributed by atoms with Gasteiger partial charge in [-0.1, -0.05) is 78.3 Å². The zero-order chi connectivity index (χ0) is 85.3. The predicted molar refractivity (Wildman–Crippen MR) is 430 cm³/mol. The molecule has 0 fully saturated rings. The number of nitrogens with two attached hydrogens (primary N) is 5. The zero-order valence-corrected chi connectivity index (χ0v) is 67.9. The van der Waals surface area contributed by atoms with Gasteiger partial charge in [0.25, 0.3) is 0 Å². The van der Waals surface area contributed by atoms with Crippen molar-refractivity contribution >= 4 is 111 Å². The van der Waals surface area contributed by atoms with E-state index < -0.39 is 180 Å². The Morgan fingerprint density at radius 2 is 0.877 bits per heavy atom. The van der Waals surface area contributed by atoms with Crippen molar-refractivity contribution in [3.8, 4) is 6.07 Å². The lowest BCUT2D eigenvalue weighted by Gasteiger charge is -2.28. The molecule has 0 spiro atoms. The Bertz CT molecular complexity index is 3740. The predicted octanol–water partition coefficient (Wildman–Crippen LogP) is -1.62. The summed E-state index contributed by atoms with van der Waals surface area (Å²) in [5, 5.41) is 53.8. The van der Waals surface area contributed by atoms with E-state index >= 15 is 0 Å². The lowest BCUT2D eigenvalue weighted by atomic mass is 9.98. The summed E-state index contributed by atoms with van der Waals surface area (Å²) < 4.78 is 0. The first-order valence-electron chi connectivity index (χ1n) is 38.8. The van der Waals surface area contributed by atoms with E-state index in [1.807, 2.05) is 26.8 Å². The third-order valence-electron chi connectivity index (χ3n) is 18.8. The van der Waals surface area contributed by atoms with E-state index in [9.17, 15) is 82.3 Å². The van der Waals surface area contributed by atoms with E-state index in [2.05, 4.69) is 74.1 Å². The number of benzene rings is 2. The van der Waals surface area contributed by atoms with Crippen molar-refractivity contribution in [1.29, 1.82) is 5.26 Å². The van der Waals surface area contributed by atoms with Crippen LogP contribution in [0.25, 0.3) is 10.9 Å². The van der Waals surface area contributed by atoms with E-state index in [-0.39, 0.29) is 94.3 Å². The molecular weight excluding hydrogens is 1490 g/mol. The molecule has 0 saturated carbocycles. The smallest absolute Gasteiger partial charge is 0.326 e. The molecule has 0 radical (unpaired) electrons. The molecule has 0 aliphatic carbocycles. The molecule has 114 heavy (non-hydrogen) atoms. The number of primary amides is 1. The van der Waals surface area contributed by atoms with Gasteiger partial charge < -0.3 is 108 Å². The molecule has 14 atom stereocenters. The van der Waals surface area contributed by atoms with Crippen LogP contribution in [0.2, 0.25) is 0 Å². The number of aromatic nitrogens is 1. The number of fused-ring (bicyclic) bond motifs is 1. The van der Waals surface area contributed by atoms with Crippen molar-refractivity contribution in [2.45, 2.75) is 244 Å². The number of hydrogen-bond acceptors (Lipinski definition) is 21. The molecule has 2 aromatic carbocycles. The highest BCUT2D eigenvalue weighted by Gasteiger charge is 2.37. The number of unbranched alkanes of at least 4 members (excludes halogenated alkanes) is 3. The number of nitrogens with zero attached hydrogens (tertiary/aromatic N) is 1. The first-order chi connectivity index (χ1) is 54.0. The van der Waals surface area contributed by atoms with Gasteiger partial charge in [-0.15, -0.1) is 0 Å². The van der Waals surface area contributed by atoms with E-state index in [4.69, 9.17) is 28.7 Å². The number of rotatable bonds is 54. The molecule has 3 aromatic rings. The van der Waals surface area contributed by atoms with E-state index in [1.54, 1.807) is 57.5 Å². The lowest BCUT2D eigenvalue weighted by molar-refractivity contribution is -0.143. The van der Waals surface area contributed by atoms with Crippen molar-refractivity contribution in [1.82, 2.24) is 74.1 Å². The largest absolute Gasteiger partial charge is 0.480 e. The molecule has 36 nitrogen and oxygen atoms in total. The van der Waals surface area contributed by atoms with Gasteiger partial charge >= 0.3 is 5.97 Å². The highest BCUT2D eigenvalue weighted by atomic mass is 32.2. The molecule has 0 bridgehead atoms. The Morgan fingerprint density at radius 3 is 1.37 bits per heavy atom. The van der Waals surface area contributed by atoms with E-state index in [0.717, 1.165) is 0 Å². The Balaban J connectivity index is 1.80. The molecule has 0 aliphatic heterocycles. The van der Waals surface area contributed by atoms with Gasteiger partial charge in [-0.3, -0.25) is 67.1 Å². The van der Waals surface area contributed by atoms with Crippen LogP contribution in [0, 0.1) is 29.1 Å². The highest BCUT2D eigenvalue weighted by Crippen LogP contribution is 2.21. The van der Waals surface area contributed by atoms with Gasteiger partial charge in [0.15, 0.2) is 0 Å². The van der Waals surface area contributed by atoms with Crippen LogP contribution in [-0.4, -0.2) is 215 Å². The van der Waals surface area contributed by atoms with Crippen LogP contribution in [-0.2, 0) is 84.8 Å². The lowest BCUT2D eigenvalue weighted by Crippen LogP contribution is -2.60. The van der Waals surface area contributed by atoms with Crippen molar-refractivity contribution < 1.29 is 77.0 Å².